The van der Waals surface area contributed by atoms with E-state index in [-0.39, 0.29) is 6.42 Å². The molecular weight excluding hydrogens is 242 g/mol. The van der Waals surface area contributed by atoms with Crippen LogP contribution in [0.3, 0.4) is 0 Å². The SMILES string of the molecule is C=CCC1(O)O[C@H](CO)[C@H](O)[C@H](O)[C@H]1NC(C)=O. The van der Waals surface area contributed by atoms with Crippen LogP contribution in [0.1, 0.15) is 13.3 Å². The molecule has 7 nitrogen and oxygen atoms in total. The minimum atomic E-state index is -1.92. The van der Waals surface area contributed by atoms with Crippen molar-refractivity contribution in [1.29, 1.82) is 0 Å². The zero-order valence-electron chi connectivity index (χ0n) is 10.1. The van der Waals surface area contributed by atoms with E-state index in [1.165, 1.54) is 13.0 Å². The molecule has 104 valence electrons. The summed E-state index contributed by atoms with van der Waals surface area (Å²) in [7, 11) is 0. The van der Waals surface area contributed by atoms with Crippen molar-refractivity contribution in [2.75, 3.05) is 6.61 Å². The minimum Gasteiger partial charge on any atom is -0.394 e. The normalized spacial score (nSPS) is 40.3. The Morgan fingerprint density at radius 3 is 2.56 bits per heavy atom. The third kappa shape index (κ3) is 2.88. The molecule has 18 heavy (non-hydrogen) atoms. The zero-order chi connectivity index (χ0) is 13.9. The highest BCUT2D eigenvalue weighted by Crippen LogP contribution is 2.30. The average molecular weight is 261 g/mol. The van der Waals surface area contributed by atoms with Gasteiger partial charge in [0.15, 0.2) is 5.79 Å². The van der Waals surface area contributed by atoms with Crippen LogP contribution in [0.2, 0.25) is 0 Å². The second-order valence-corrected chi connectivity index (χ2v) is 4.34. The van der Waals surface area contributed by atoms with Gasteiger partial charge in [0.1, 0.15) is 24.4 Å². The fraction of sp³-hybridized carbons (Fsp3) is 0.727. The number of nitrogens with one attached hydrogen (secondary N) is 1. The molecule has 7 heteroatoms. The number of aliphatic hydroxyl groups is 4. The van der Waals surface area contributed by atoms with E-state index in [2.05, 4.69) is 11.9 Å². The molecule has 5 N–H and O–H groups in total. The van der Waals surface area contributed by atoms with Gasteiger partial charge < -0.3 is 30.5 Å². The molecule has 1 rings (SSSR count). The fourth-order valence-electron chi connectivity index (χ4n) is 2.03. The van der Waals surface area contributed by atoms with E-state index in [1.54, 1.807) is 0 Å². The number of aliphatic hydroxyl groups excluding tert-OH is 3. The maximum absolute atomic E-state index is 11.1. The topological polar surface area (TPSA) is 119 Å². The Kier molecular flexibility index (Phi) is 4.83. The molecule has 0 radical (unpaired) electrons. The van der Waals surface area contributed by atoms with Gasteiger partial charge in [-0.2, -0.15) is 0 Å². The van der Waals surface area contributed by atoms with E-state index >= 15 is 0 Å². The molecule has 1 amide bonds. The molecule has 1 aliphatic heterocycles. The summed E-state index contributed by atoms with van der Waals surface area (Å²) in [6.07, 6.45) is -2.71. The van der Waals surface area contributed by atoms with Crippen LogP contribution in [-0.2, 0) is 9.53 Å². The number of rotatable bonds is 4. The predicted octanol–water partition coefficient (Wildman–Crippen LogP) is -2.13. The maximum Gasteiger partial charge on any atom is 0.217 e. The zero-order valence-corrected chi connectivity index (χ0v) is 10.1. The Morgan fingerprint density at radius 1 is 1.50 bits per heavy atom. The van der Waals surface area contributed by atoms with E-state index in [1.807, 2.05) is 0 Å². The lowest BCUT2D eigenvalue weighted by atomic mass is 9.88. The second kappa shape index (κ2) is 5.77. The van der Waals surface area contributed by atoms with Gasteiger partial charge in [-0.05, 0) is 0 Å². The lowest BCUT2D eigenvalue weighted by Crippen LogP contribution is -2.70. The Labute approximate surface area is 105 Å². The van der Waals surface area contributed by atoms with Crippen molar-refractivity contribution in [2.45, 2.75) is 43.5 Å². The first kappa shape index (κ1) is 15.1. The number of hydrogen-bond acceptors (Lipinski definition) is 6. The molecule has 0 aromatic carbocycles. The number of amides is 1. The Hall–Kier alpha value is -0.990. The van der Waals surface area contributed by atoms with Gasteiger partial charge in [-0.25, -0.2) is 0 Å². The van der Waals surface area contributed by atoms with Crippen LogP contribution in [0.4, 0.5) is 0 Å². The summed E-state index contributed by atoms with van der Waals surface area (Å²) in [6, 6.07) is -1.20. The number of ether oxygens (including phenoxy) is 1. The molecule has 0 bridgehead atoms. The molecule has 0 aromatic rings. The van der Waals surface area contributed by atoms with E-state index in [9.17, 15) is 20.1 Å². The molecule has 0 spiro atoms. The number of carbonyl (C=O) groups is 1. The van der Waals surface area contributed by atoms with Gasteiger partial charge in [-0.1, -0.05) is 6.08 Å². The summed E-state index contributed by atoms with van der Waals surface area (Å²) < 4.78 is 5.17. The fourth-order valence-corrected chi connectivity index (χ4v) is 2.03. The van der Waals surface area contributed by atoms with Crippen LogP contribution in [0.15, 0.2) is 12.7 Å². The van der Waals surface area contributed by atoms with Crippen LogP contribution in [-0.4, -0.2) is 63.1 Å². The van der Waals surface area contributed by atoms with Crippen molar-refractivity contribution >= 4 is 5.91 Å². The molecule has 5 atom stereocenters. The number of carbonyl (C=O) groups excluding carboxylic acids is 1. The summed E-state index contributed by atoms with van der Waals surface area (Å²) in [6.45, 7) is 4.10. The molecule has 1 saturated heterocycles. The van der Waals surface area contributed by atoms with Gasteiger partial charge in [0.05, 0.1) is 6.61 Å². The quantitative estimate of drug-likeness (QED) is 0.369. The van der Waals surface area contributed by atoms with Gasteiger partial charge in [0.25, 0.3) is 0 Å². The highest BCUT2D eigenvalue weighted by atomic mass is 16.6. The highest BCUT2D eigenvalue weighted by Gasteiger charge is 2.52. The molecule has 1 aliphatic rings. The van der Waals surface area contributed by atoms with Gasteiger partial charge in [0.2, 0.25) is 5.91 Å². The lowest BCUT2D eigenvalue weighted by molar-refractivity contribution is -0.316. The Bertz CT molecular complexity index is 323. The summed E-state index contributed by atoms with van der Waals surface area (Å²) in [5.41, 5.74) is 0. The number of hydrogen-bond donors (Lipinski definition) is 5. The van der Waals surface area contributed by atoms with Crippen molar-refractivity contribution in [2.24, 2.45) is 0 Å². The third-order valence-corrected chi connectivity index (χ3v) is 2.89. The smallest absolute Gasteiger partial charge is 0.217 e. The van der Waals surface area contributed by atoms with Crippen LogP contribution < -0.4 is 5.32 Å². The first-order chi connectivity index (χ1) is 8.35. The van der Waals surface area contributed by atoms with Gasteiger partial charge in [-0.15, -0.1) is 6.58 Å². The highest BCUT2D eigenvalue weighted by molar-refractivity contribution is 5.73. The molecule has 1 fully saturated rings. The molecular formula is C11H19NO6. The molecule has 0 saturated carbocycles. The lowest BCUT2D eigenvalue weighted by Gasteiger charge is -2.47. The van der Waals surface area contributed by atoms with Gasteiger partial charge in [-0.3, -0.25) is 4.79 Å². The van der Waals surface area contributed by atoms with Crippen LogP contribution in [0.25, 0.3) is 0 Å². The van der Waals surface area contributed by atoms with Crippen molar-refractivity contribution in [1.82, 2.24) is 5.32 Å². The largest absolute Gasteiger partial charge is 0.394 e. The van der Waals surface area contributed by atoms with Crippen molar-refractivity contribution in [3.8, 4) is 0 Å². The molecule has 1 unspecified atom stereocenters. The molecule has 1 heterocycles. The molecule has 0 aromatic heterocycles. The van der Waals surface area contributed by atoms with E-state index in [4.69, 9.17) is 9.84 Å². The summed E-state index contributed by atoms with van der Waals surface area (Å²) in [5.74, 6) is -2.40. The first-order valence-electron chi connectivity index (χ1n) is 5.61. The van der Waals surface area contributed by atoms with Gasteiger partial charge >= 0.3 is 0 Å². The van der Waals surface area contributed by atoms with E-state index in [0.29, 0.717) is 0 Å². The Morgan fingerprint density at radius 2 is 2.11 bits per heavy atom. The van der Waals surface area contributed by atoms with E-state index in [0.717, 1.165) is 0 Å². The Balaban J connectivity index is 3.00. The summed E-state index contributed by atoms with van der Waals surface area (Å²) >= 11 is 0. The molecule has 0 aliphatic carbocycles. The van der Waals surface area contributed by atoms with Crippen LogP contribution in [0.5, 0.6) is 0 Å². The standard InChI is InChI=1S/C11H19NO6/c1-3-4-11(17)10(12-6(2)14)9(16)8(15)7(5-13)18-11/h3,7-10,13,15-17H,1,4-5H2,2H3,(H,12,14)/t7-,8+,9+,10-,11?/m1/s1. The van der Waals surface area contributed by atoms with Crippen LogP contribution in [0, 0.1) is 0 Å². The summed E-state index contributed by atoms with van der Waals surface area (Å²) in [4.78, 5) is 11.1. The third-order valence-electron chi connectivity index (χ3n) is 2.89. The van der Waals surface area contributed by atoms with E-state index < -0.39 is 42.7 Å². The predicted molar refractivity (Wildman–Crippen MR) is 61.3 cm³/mol. The van der Waals surface area contributed by atoms with Crippen molar-refractivity contribution in [3.05, 3.63) is 12.7 Å². The van der Waals surface area contributed by atoms with Crippen LogP contribution >= 0.6 is 0 Å². The van der Waals surface area contributed by atoms with Crippen molar-refractivity contribution < 1.29 is 30.0 Å². The van der Waals surface area contributed by atoms with Gasteiger partial charge in [0, 0.05) is 13.3 Å². The monoisotopic (exact) mass is 261 g/mol. The first-order valence-corrected chi connectivity index (χ1v) is 5.61. The summed E-state index contributed by atoms with van der Waals surface area (Å²) in [5, 5.41) is 41.2. The van der Waals surface area contributed by atoms with Crippen molar-refractivity contribution in [3.63, 3.8) is 0 Å². The minimum absolute atomic E-state index is 0.0712. The maximum atomic E-state index is 11.1. The average Bonchev–Trinajstić information content (AvgIpc) is 2.30. The second-order valence-electron chi connectivity index (χ2n) is 4.34.